The molecule has 0 saturated carbocycles. The molecule has 1 atom stereocenters. The van der Waals surface area contributed by atoms with Crippen molar-refractivity contribution in [3.63, 3.8) is 0 Å². The molecule has 1 unspecified atom stereocenters. The zero-order chi connectivity index (χ0) is 21.3. The lowest BCUT2D eigenvalue weighted by atomic mass is 9.81. The molecule has 3 aromatic rings. The van der Waals surface area contributed by atoms with Gasteiger partial charge < -0.3 is 15.2 Å². The van der Waals surface area contributed by atoms with Crippen molar-refractivity contribution in [1.29, 1.82) is 0 Å². The maximum absolute atomic E-state index is 13.6. The molecule has 30 heavy (non-hydrogen) atoms. The lowest BCUT2D eigenvalue weighted by molar-refractivity contribution is -0.0498. The van der Waals surface area contributed by atoms with Crippen LogP contribution in [0.2, 0.25) is 0 Å². The van der Waals surface area contributed by atoms with Gasteiger partial charge in [0.2, 0.25) is 0 Å². The van der Waals surface area contributed by atoms with Gasteiger partial charge in [-0.2, -0.15) is 8.78 Å². The van der Waals surface area contributed by atoms with Crippen LogP contribution in [-0.4, -0.2) is 24.2 Å². The largest absolute Gasteiger partial charge is 0.462 e. The van der Waals surface area contributed by atoms with E-state index in [1.165, 1.54) is 18.2 Å². The fourth-order valence-corrected chi connectivity index (χ4v) is 3.67. The summed E-state index contributed by atoms with van der Waals surface area (Å²) in [5.41, 5.74) is 8.41. The Kier molecular flexibility index (Phi) is 5.07. The minimum absolute atomic E-state index is 0.0279. The van der Waals surface area contributed by atoms with Crippen molar-refractivity contribution in [2.45, 2.75) is 19.1 Å². The number of aryl methyl sites for hydroxylation is 1. The number of rotatable bonds is 5. The molecule has 0 spiro atoms. The van der Waals surface area contributed by atoms with Gasteiger partial charge in [-0.25, -0.2) is 9.38 Å². The van der Waals surface area contributed by atoms with Crippen LogP contribution in [-0.2, 0) is 10.3 Å². The molecular weight excluding hydrogens is 395 g/mol. The number of amidine groups is 1. The van der Waals surface area contributed by atoms with Gasteiger partial charge in [0.25, 0.3) is 6.02 Å². The van der Waals surface area contributed by atoms with Gasteiger partial charge in [-0.05, 0) is 53.4 Å². The predicted molar refractivity (Wildman–Crippen MR) is 106 cm³/mol. The number of nitrogens with zero attached hydrogens (tertiary/aromatic N) is 2. The van der Waals surface area contributed by atoms with Crippen molar-refractivity contribution in [3.8, 4) is 16.9 Å². The maximum atomic E-state index is 13.6. The summed E-state index contributed by atoms with van der Waals surface area (Å²) in [5.74, 6) is -0.388. The third-order valence-electron chi connectivity index (χ3n) is 4.98. The average molecular weight is 413 g/mol. The van der Waals surface area contributed by atoms with Gasteiger partial charge in [-0.15, -0.1) is 0 Å². The van der Waals surface area contributed by atoms with E-state index in [0.717, 1.165) is 22.9 Å². The van der Waals surface area contributed by atoms with E-state index in [1.807, 2.05) is 24.3 Å². The molecule has 0 bridgehead atoms. The summed E-state index contributed by atoms with van der Waals surface area (Å²) in [5, 5.41) is 0. The van der Waals surface area contributed by atoms with Crippen LogP contribution in [0.3, 0.4) is 0 Å². The van der Waals surface area contributed by atoms with Crippen LogP contribution in [0.5, 0.6) is 5.75 Å². The second-order valence-electron chi connectivity index (χ2n) is 6.93. The minimum atomic E-state index is -2.91. The summed E-state index contributed by atoms with van der Waals surface area (Å²) in [6, 6.07) is 13.5. The first kappa shape index (κ1) is 19.8. The van der Waals surface area contributed by atoms with Gasteiger partial charge in [-0.1, -0.05) is 24.3 Å². The van der Waals surface area contributed by atoms with E-state index in [1.54, 1.807) is 19.2 Å². The number of ether oxygens (including phenoxy) is 2. The van der Waals surface area contributed by atoms with Crippen molar-refractivity contribution >= 4 is 6.02 Å². The smallest absolute Gasteiger partial charge is 0.387 e. The number of halogens is 3. The molecule has 2 heterocycles. The molecule has 1 aliphatic rings. The standard InChI is InChI=1S/C22H18F3N3O2/c1-13-7-18(30-20(24)25)5-6-19(13)22(12-29-21(26)28-22)16-4-2-3-14(8-16)15-9-17(23)11-27-10-15/h2-11,20H,12H2,1H3,(H2,26,28). The molecular formula is C22H18F3N3O2. The summed E-state index contributed by atoms with van der Waals surface area (Å²) < 4.78 is 48.8. The number of nitrogens with two attached hydrogens (primary N) is 1. The molecule has 0 aliphatic carbocycles. The lowest BCUT2D eigenvalue weighted by Crippen LogP contribution is -2.28. The summed E-state index contributed by atoms with van der Waals surface area (Å²) in [6.07, 6.45) is 2.70. The second kappa shape index (κ2) is 7.70. The number of pyridine rings is 1. The van der Waals surface area contributed by atoms with Crippen LogP contribution < -0.4 is 10.5 Å². The Morgan fingerprint density at radius 2 is 1.93 bits per heavy atom. The predicted octanol–water partition coefficient (Wildman–Crippen LogP) is 4.39. The fourth-order valence-electron chi connectivity index (χ4n) is 3.67. The molecule has 4 rings (SSSR count). The number of hydrogen-bond donors (Lipinski definition) is 1. The Balaban J connectivity index is 1.82. The summed E-state index contributed by atoms with van der Waals surface area (Å²) in [7, 11) is 0. The van der Waals surface area contributed by atoms with Crippen LogP contribution >= 0.6 is 0 Å². The van der Waals surface area contributed by atoms with Crippen molar-refractivity contribution in [2.24, 2.45) is 10.7 Å². The maximum Gasteiger partial charge on any atom is 0.387 e. The molecule has 2 aromatic carbocycles. The molecule has 1 aromatic heterocycles. The Morgan fingerprint density at radius 3 is 2.60 bits per heavy atom. The zero-order valence-electron chi connectivity index (χ0n) is 16.0. The van der Waals surface area contributed by atoms with Crippen molar-refractivity contribution in [1.82, 2.24) is 4.98 Å². The Morgan fingerprint density at radius 1 is 1.10 bits per heavy atom. The number of alkyl halides is 2. The van der Waals surface area contributed by atoms with Crippen LogP contribution in [0.25, 0.3) is 11.1 Å². The van der Waals surface area contributed by atoms with Crippen molar-refractivity contribution in [2.75, 3.05) is 6.61 Å². The molecule has 0 amide bonds. The van der Waals surface area contributed by atoms with Gasteiger partial charge in [0.05, 0.1) is 6.20 Å². The zero-order valence-corrected chi connectivity index (χ0v) is 16.0. The lowest BCUT2D eigenvalue weighted by Gasteiger charge is -2.27. The second-order valence-corrected chi connectivity index (χ2v) is 6.93. The number of hydrogen-bond acceptors (Lipinski definition) is 5. The quantitative estimate of drug-likeness (QED) is 0.674. The normalized spacial score (nSPS) is 18.2. The van der Waals surface area contributed by atoms with E-state index < -0.39 is 18.0 Å². The summed E-state index contributed by atoms with van der Waals surface area (Å²) in [6.45, 7) is -0.997. The van der Waals surface area contributed by atoms with Gasteiger partial charge in [0.15, 0.2) is 5.54 Å². The highest BCUT2D eigenvalue weighted by Crippen LogP contribution is 2.41. The fraction of sp³-hybridized carbons (Fsp3) is 0.182. The molecule has 0 saturated heterocycles. The van der Waals surface area contributed by atoms with Crippen molar-refractivity contribution < 1.29 is 22.6 Å². The Bertz CT molecular complexity index is 1120. The van der Waals surface area contributed by atoms with E-state index in [4.69, 9.17) is 10.5 Å². The minimum Gasteiger partial charge on any atom is -0.462 e. The van der Waals surface area contributed by atoms with Crippen LogP contribution in [0.1, 0.15) is 16.7 Å². The summed E-state index contributed by atoms with van der Waals surface area (Å²) in [4.78, 5) is 8.46. The monoisotopic (exact) mass is 413 g/mol. The average Bonchev–Trinajstić information content (AvgIpc) is 3.10. The van der Waals surface area contributed by atoms with Crippen molar-refractivity contribution in [3.05, 3.63) is 83.4 Å². The number of aromatic nitrogens is 1. The highest BCUT2D eigenvalue weighted by atomic mass is 19.3. The number of benzene rings is 2. The third kappa shape index (κ3) is 3.68. The Labute approximate surface area is 171 Å². The number of aliphatic imine (C=N–C) groups is 1. The molecule has 2 N–H and O–H groups in total. The molecule has 0 radical (unpaired) electrons. The third-order valence-corrected chi connectivity index (χ3v) is 4.98. The van der Waals surface area contributed by atoms with Crippen LogP contribution in [0.4, 0.5) is 13.2 Å². The highest BCUT2D eigenvalue weighted by molar-refractivity contribution is 5.76. The molecule has 5 nitrogen and oxygen atoms in total. The molecule has 1 aliphatic heterocycles. The molecule has 8 heteroatoms. The van der Waals surface area contributed by atoms with E-state index >= 15 is 0 Å². The van der Waals surface area contributed by atoms with Crippen LogP contribution in [0.15, 0.2) is 65.9 Å². The highest BCUT2D eigenvalue weighted by Gasteiger charge is 2.41. The van der Waals surface area contributed by atoms with Crippen LogP contribution in [0, 0.1) is 12.7 Å². The van der Waals surface area contributed by atoms with E-state index in [0.29, 0.717) is 11.1 Å². The van der Waals surface area contributed by atoms with Gasteiger partial charge in [0.1, 0.15) is 18.2 Å². The molecule has 154 valence electrons. The van der Waals surface area contributed by atoms with E-state index in [9.17, 15) is 13.2 Å². The summed E-state index contributed by atoms with van der Waals surface area (Å²) >= 11 is 0. The van der Waals surface area contributed by atoms with E-state index in [-0.39, 0.29) is 18.4 Å². The first-order valence-corrected chi connectivity index (χ1v) is 9.13. The molecule has 0 fully saturated rings. The first-order valence-electron chi connectivity index (χ1n) is 9.13. The topological polar surface area (TPSA) is 69.7 Å². The van der Waals surface area contributed by atoms with Gasteiger partial charge in [-0.3, -0.25) is 4.98 Å². The van der Waals surface area contributed by atoms with Gasteiger partial charge >= 0.3 is 6.61 Å². The SMILES string of the molecule is Cc1cc(OC(F)F)ccc1C1(c2cccc(-c3cncc(F)c3)c2)COC(N)=N1. The van der Waals surface area contributed by atoms with Gasteiger partial charge in [0, 0.05) is 11.8 Å². The first-order chi connectivity index (χ1) is 14.4. The van der Waals surface area contributed by atoms with E-state index in [2.05, 4.69) is 14.7 Å². The Hall–Kier alpha value is -3.55.